The van der Waals surface area contributed by atoms with E-state index >= 15 is 0 Å². The van der Waals surface area contributed by atoms with Crippen LogP contribution < -0.4 is 4.74 Å². The first-order chi connectivity index (χ1) is 13.6. The Hall–Kier alpha value is -2.52. The Morgan fingerprint density at radius 3 is 1.57 bits per heavy atom. The van der Waals surface area contributed by atoms with Gasteiger partial charge >= 0.3 is 5.97 Å². The van der Waals surface area contributed by atoms with Crippen molar-refractivity contribution in [3.05, 3.63) is 90.0 Å². The Kier molecular flexibility index (Phi) is 9.36. The second kappa shape index (κ2) is 12.0. The summed E-state index contributed by atoms with van der Waals surface area (Å²) in [6, 6.07) is 26.7. The molecule has 146 valence electrons. The fraction of sp³-hybridized carbons (Fsp3) is 0.240. The van der Waals surface area contributed by atoms with Crippen LogP contribution in [0.15, 0.2) is 88.7 Å². The summed E-state index contributed by atoms with van der Waals surface area (Å²) in [5, 5.41) is 0. The summed E-state index contributed by atoms with van der Waals surface area (Å²) < 4.78 is 4.92. The molecule has 0 aliphatic heterocycles. The minimum Gasteiger partial charge on any atom is -0.427 e. The van der Waals surface area contributed by atoms with E-state index in [1.807, 2.05) is 30.0 Å². The van der Waals surface area contributed by atoms with Crippen LogP contribution in [0.4, 0.5) is 0 Å². The van der Waals surface area contributed by atoms with E-state index in [0.29, 0.717) is 12.2 Å². The smallest absolute Gasteiger partial charge is 0.310 e. The third-order valence-electron chi connectivity index (χ3n) is 4.16. The van der Waals surface area contributed by atoms with E-state index in [4.69, 9.17) is 4.74 Å². The molecule has 0 spiro atoms. The van der Waals surface area contributed by atoms with Gasteiger partial charge in [-0.15, -0.1) is 0 Å². The van der Waals surface area contributed by atoms with Crippen molar-refractivity contribution in [2.75, 3.05) is 0 Å². The zero-order chi connectivity index (χ0) is 20.2. The molecule has 0 aliphatic rings. The van der Waals surface area contributed by atoms with E-state index in [2.05, 4.69) is 62.4 Å². The molecule has 0 aliphatic carbocycles. The lowest BCUT2D eigenvalue weighted by atomic mass is 10.2. The molecule has 0 saturated heterocycles. The molecule has 0 bridgehead atoms. The van der Waals surface area contributed by atoms with Crippen LogP contribution in [0.25, 0.3) is 0 Å². The zero-order valence-electron chi connectivity index (χ0n) is 16.9. The van der Waals surface area contributed by atoms with E-state index in [-0.39, 0.29) is 5.97 Å². The molecule has 3 aromatic rings. The lowest BCUT2D eigenvalue weighted by Gasteiger charge is -2.04. The topological polar surface area (TPSA) is 26.3 Å². The number of carbonyl (C=O) groups is 1. The van der Waals surface area contributed by atoms with E-state index in [0.717, 1.165) is 12.8 Å². The van der Waals surface area contributed by atoms with Crippen molar-refractivity contribution >= 4 is 17.7 Å². The first kappa shape index (κ1) is 21.8. The van der Waals surface area contributed by atoms with Crippen molar-refractivity contribution in [1.82, 2.24) is 0 Å². The molecule has 3 rings (SSSR count). The van der Waals surface area contributed by atoms with Crippen LogP contribution in [0.1, 0.15) is 38.3 Å². The van der Waals surface area contributed by atoms with Gasteiger partial charge in [-0.05, 0) is 60.4 Å². The van der Waals surface area contributed by atoms with Gasteiger partial charge < -0.3 is 4.74 Å². The van der Waals surface area contributed by atoms with Crippen molar-refractivity contribution in [3.63, 3.8) is 0 Å². The molecule has 0 radical (unpaired) electrons. The molecule has 0 unspecified atom stereocenters. The fourth-order valence-corrected chi connectivity index (χ4v) is 3.23. The van der Waals surface area contributed by atoms with Gasteiger partial charge in [0, 0.05) is 16.2 Å². The largest absolute Gasteiger partial charge is 0.427 e. The van der Waals surface area contributed by atoms with Crippen molar-refractivity contribution in [3.8, 4) is 5.75 Å². The van der Waals surface area contributed by atoms with Gasteiger partial charge in [-0.25, -0.2) is 0 Å². The SMILES string of the molecule is CCC(=O)Oc1ccccc1.CCc1ccc(Sc2ccc(CC)cc2)cc1. The van der Waals surface area contributed by atoms with Crippen LogP contribution in [-0.4, -0.2) is 5.97 Å². The standard InChI is InChI=1S/C16H18S.C9H10O2/c1-3-13-5-9-15(10-6-13)17-16-11-7-14(4-2)8-12-16;1-2-9(10)11-8-6-4-3-5-7-8/h5-12H,3-4H2,1-2H3;3-7H,2H2,1H3. The van der Waals surface area contributed by atoms with Gasteiger partial charge in [0.25, 0.3) is 0 Å². The van der Waals surface area contributed by atoms with Crippen LogP contribution in [0.3, 0.4) is 0 Å². The minimum absolute atomic E-state index is 0.198. The molecule has 28 heavy (non-hydrogen) atoms. The van der Waals surface area contributed by atoms with Gasteiger partial charge in [-0.2, -0.15) is 0 Å². The lowest BCUT2D eigenvalue weighted by Crippen LogP contribution is -2.04. The maximum absolute atomic E-state index is 10.8. The van der Waals surface area contributed by atoms with Gasteiger partial charge in [-0.3, -0.25) is 4.79 Å². The van der Waals surface area contributed by atoms with Crippen molar-refractivity contribution in [2.24, 2.45) is 0 Å². The number of carbonyl (C=O) groups excluding carboxylic acids is 1. The van der Waals surface area contributed by atoms with Crippen LogP contribution in [-0.2, 0) is 17.6 Å². The molecule has 0 fully saturated rings. The highest BCUT2D eigenvalue weighted by atomic mass is 32.2. The molecular formula is C25H28O2S. The molecule has 0 amide bonds. The first-order valence-corrected chi connectivity index (χ1v) is 10.6. The predicted octanol–water partition coefficient (Wildman–Crippen LogP) is 6.96. The molecular weight excluding hydrogens is 364 g/mol. The molecule has 3 aromatic carbocycles. The highest BCUT2D eigenvalue weighted by Gasteiger charge is 1.99. The predicted molar refractivity (Wildman–Crippen MR) is 118 cm³/mol. The molecule has 2 nitrogen and oxygen atoms in total. The quantitative estimate of drug-likeness (QED) is 0.335. The highest BCUT2D eigenvalue weighted by Crippen LogP contribution is 2.28. The summed E-state index contributed by atoms with van der Waals surface area (Å²) in [7, 11) is 0. The number of aryl methyl sites for hydroxylation is 2. The van der Waals surface area contributed by atoms with E-state index in [9.17, 15) is 4.79 Å². The van der Waals surface area contributed by atoms with Gasteiger partial charge in [0.2, 0.25) is 0 Å². The maximum atomic E-state index is 10.8. The molecule has 0 atom stereocenters. The Labute approximate surface area is 173 Å². The number of hydrogen-bond acceptors (Lipinski definition) is 3. The number of esters is 1. The molecule has 3 heteroatoms. The van der Waals surface area contributed by atoms with E-state index in [1.54, 1.807) is 19.1 Å². The third kappa shape index (κ3) is 7.61. The summed E-state index contributed by atoms with van der Waals surface area (Å²) in [4.78, 5) is 13.4. The van der Waals surface area contributed by atoms with Crippen LogP contribution in [0, 0.1) is 0 Å². The Bertz CT molecular complexity index is 779. The summed E-state index contributed by atoms with van der Waals surface area (Å²) in [5.41, 5.74) is 2.80. The summed E-state index contributed by atoms with van der Waals surface area (Å²) >= 11 is 1.83. The third-order valence-corrected chi connectivity index (χ3v) is 5.18. The number of ether oxygens (including phenoxy) is 1. The number of benzene rings is 3. The van der Waals surface area contributed by atoms with Crippen molar-refractivity contribution < 1.29 is 9.53 Å². The molecule has 0 aromatic heterocycles. The summed E-state index contributed by atoms with van der Waals surface area (Å²) in [5.74, 6) is 0.413. The van der Waals surface area contributed by atoms with Gasteiger partial charge in [0.15, 0.2) is 0 Å². The second-order valence-electron chi connectivity index (χ2n) is 6.24. The monoisotopic (exact) mass is 392 g/mol. The van der Waals surface area contributed by atoms with Crippen LogP contribution in [0.2, 0.25) is 0 Å². The van der Waals surface area contributed by atoms with Gasteiger partial charge in [0.1, 0.15) is 5.75 Å². The van der Waals surface area contributed by atoms with E-state index < -0.39 is 0 Å². The van der Waals surface area contributed by atoms with E-state index in [1.165, 1.54) is 20.9 Å². The average molecular weight is 393 g/mol. The zero-order valence-corrected chi connectivity index (χ0v) is 17.7. The van der Waals surface area contributed by atoms with Crippen molar-refractivity contribution in [1.29, 1.82) is 0 Å². The number of para-hydroxylation sites is 1. The Morgan fingerprint density at radius 2 is 1.18 bits per heavy atom. The summed E-state index contributed by atoms with van der Waals surface area (Å²) in [6.07, 6.45) is 2.63. The van der Waals surface area contributed by atoms with Gasteiger partial charge in [0.05, 0.1) is 0 Å². The minimum atomic E-state index is -0.198. The first-order valence-electron chi connectivity index (χ1n) is 9.76. The van der Waals surface area contributed by atoms with Gasteiger partial charge in [-0.1, -0.05) is 75.0 Å². The van der Waals surface area contributed by atoms with Crippen LogP contribution >= 0.6 is 11.8 Å². The maximum Gasteiger partial charge on any atom is 0.310 e. The second-order valence-corrected chi connectivity index (χ2v) is 7.38. The molecule has 0 saturated carbocycles. The Balaban J connectivity index is 0.000000221. The molecule has 0 heterocycles. The molecule has 0 N–H and O–H groups in total. The van der Waals surface area contributed by atoms with Crippen molar-refractivity contribution in [2.45, 2.75) is 49.8 Å². The Morgan fingerprint density at radius 1 is 0.714 bits per heavy atom. The summed E-state index contributed by atoms with van der Waals surface area (Å²) in [6.45, 7) is 6.14. The number of rotatable bonds is 6. The average Bonchev–Trinajstić information content (AvgIpc) is 2.76. The van der Waals surface area contributed by atoms with Crippen LogP contribution in [0.5, 0.6) is 5.75 Å². The highest BCUT2D eigenvalue weighted by molar-refractivity contribution is 7.99. The number of hydrogen-bond donors (Lipinski definition) is 0. The fourth-order valence-electron chi connectivity index (χ4n) is 2.41. The lowest BCUT2D eigenvalue weighted by molar-refractivity contribution is -0.134. The normalized spacial score (nSPS) is 9.96.